The van der Waals surface area contributed by atoms with E-state index in [-0.39, 0.29) is 11.9 Å². The van der Waals surface area contributed by atoms with Crippen LogP contribution in [0.5, 0.6) is 0 Å². The van der Waals surface area contributed by atoms with E-state index in [0.717, 1.165) is 33.0 Å². The van der Waals surface area contributed by atoms with Gasteiger partial charge in [-0.25, -0.2) is 4.39 Å². The van der Waals surface area contributed by atoms with Gasteiger partial charge in [0.1, 0.15) is 5.82 Å². The summed E-state index contributed by atoms with van der Waals surface area (Å²) in [6.45, 7) is 0.835. The lowest BCUT2D eigenvalue weighted by Crippen LogP contribution is -2.24. The fourth-order valence-corrected chi connectivity index (χ4v) is 4.84. The zero-order valence-corrected chi connectivity index (χ0v) is 13.4. The van der Waals surface area contributed by atoms with Gasteiger partial charge in [0, 0.05) is 22.4 Å². The summed E-state index contributed by atoms with van der Waals surface area (Å²) in [5.41, 5.74) is 1.10. The van der Waals surface area contributed by atoms with Crippen molar-refractivity contribution >= 4 is 39.0 Å². The van der Waals surface area contributed by atoms with Gasteiger partial charge < -0.3 is 5.32 Å². The quantitative estimate of drug-likeness (QED) is 0.831. The minimum atomic E-state index is -0.0899. The number of hydrogen-bond donors (Lipinski definition) is 1. The summed E-state index contributed by atoms with van der Waals surface area (Å²) in [6.07, 6.45) is 1.05. The molecule has 2 aromatic rings. The highest BCUT2D eigenvalue weighted by Gasteiger charge is 2.22. The number of benzene rings is 1. The summed E-state index contributed by atoms with van der Waals surface area (Å²) in [7, 11) is 0. The van der Waals surface area contributed by atoms with Crippen molar-refractivity contribution in [2.24, 2.45) is 0 Å². The van der Waals surface area contributed by atoms with Gasteiger partial charge in [-0.05, 0) is 51.9 Å². The summed E-state index contributed by atoms with van der Waals surface area (Å²) in [5, 5.41) is 3.54. The Morgan fingerprint density at radius 3 is 3.00 bits per heavy atom. The molecule has 1 N–H and O–H groups in total. The molecule has 1 aliphatic rings. The van der Waals surface area contributed by atoms with Gasteiger partial charge in [-0.2, -0.15) is 0 Å². The number of thiophene rings is 1. The summed E-state index contributed by atoms with van der Waals surface area (Å²) in [6, 6.07) is 9.82. The second kappa shape index (κ2) is 5.95. The van der Waals surface area contributed by atoms with Crippen molar-refractivity contribution in [3.63, 3.8) is 0 Å². The monoisotopic (exact) mass is 357 g/mol. The van der Waals surface area contributed by atoms with Crippen LogP contribution in [0.15, 0.2) is 39.0 Å². The Bertz CT molecular complexity index is 585. The highest BCUT2D eigenvalue weighted by molar-refractivity contribution is 9.11. The van der Waals surface area contributed by atoms with Crippen molar-refractivity contribution in [3.8, 4) is 0 Å². The Morgan fingerprint density at radius 1 is 1.32 bits per heavy atom. The first kappa shape index (κ1) is 13.6. The first-order valence-electron chi connectivity index (χ1n) is 6.13. The zero-order valence-electron chi connectivity index (χ0n) is 10.2. The number of rotatable bonds is 3. The van der Waals surface area contributed by atoms with Crippen LogP contribution in [0.2, 0.25) is 0 Å². The van der Waals surface area contributed by atoms with Crippen LogP contribution < -0.4 is 5.32 Å². The highest BCUT2D eigenvalue weighted by atomic mass is 79.9. The second-order valence-corrected chi connectivity index (χ2v) is 8.09. The third kappa shape index (κ3) is 3.05. The molecule has 19 heavy (non-hydrogen) atoms. The average molecular weight is 358 g/mol. The van der Waals surface area contributed by atoms with Gasteiger partial charge in [-0.1, -0.05) is 12.1 Å². The van der Waals surface area contributed by atoms with Crippen LogP contribution in [0.3, 0.4) is 0 Å². The van der Waals surface area contributed by atoms with Crippen LogP contribution in [-0.2, 0) is 6.54 Å². The van der Waals surface area contributed by atoms with E-state index in [4.69, 9.17) is 0 Å². The van der Waals surface area contributed by atoms with E-state index in [2.05, 4.69) is 33.4 Å². The topological polar surface area (TPSA) is 12.0 Å². The first-order valence-corrected chi connectivity index (χ1v) is 8.72. The maximum atomic E-state index is 13.8. The molecule has 0 amide bonds. The Kier molecular flexibility index (Phi) is 4.27. The van der Waals surface area contributed by atoms with E-state index >= 15 is 0 Å². The van der Waals surface area contributed by atoms with Crippen LogP contribution in [0.4, 0.5) is 4.39 Å². The van der Waals surface area contributed by atoms with Gasteiger partial charge in [-0.3, -0.25) is 0 Å². The van der Waals surface area contributed by atoms with Crippen molar-refractivity contribution in [3.05, 3.63) is 50.4 Å². The SMILES string of the molecule is Fc1cccc2c1SCCC2NCc1ccc(Br)s1. The number of hydrogen-bond acceptors (Lipinski definition) is 3. The summed E-state index contributed by atoms with van der Waals surface area (Å²) < 4.78 is 14.9. The zero-order chi connectivity index (χ0) is 13.2. The minimum absolute atomic E-state index is 0.0899. The Morgan fingerprint density at radius 2 is 2.21 bits per heavy atom. The van der Waals surface area contributed by atoms with E-state index in [1.165, 1.54) is 4.88 Å². The average Bonchev–Trinajstić information content (AvgIpc) is 2.83. The van der Waals surface area contributed by atoms with Crippen molar-refractivity contribution < 1.29 is 4.39 Å². The summed E-state index contributed by atoms with van der Waals surface area (Å²) in [5.74, 6) is 0.882. The molecule has 0 fully saturated rings. The van der Waals surface area contributed by atoms with Crippen LogP contribution in [0.25, 0.3) is 0 Å². The maximum Gasteiger partial charge on any atom is 0.137 e. The second-order valence-electron chi connectivity index (χ2n) is 4.43. The first-order chi connectivity index (χ1) is 9.24. The standard InChI is InChI=1S/C14H13BrFNS2/c15-13-5-4-9(19-13)8-17-12-6-7-18-14-10(12)2-1-3-11(14)16/h1-5,12,17H,6-8H2. The Balaban J connectivity index is 1.75. The third-order valence-electron chi connectivity index (χ3n) is 3.18. The molecular formula is C14H13BrFNS2. The molecule has 1 aromatic heterocycles. The van der Waals surface area contributed by atoms with Crippen LogP contribution >= 0.6 is 39.0 Å². The molecule has 1 atom stereocenters. The fraction of sp³-hybridized carbons (Fsp3) is 0.286. The summed E-state index contributed by atoms with van der Waals surface area (Å²) >= 11 is 6.83. The van der Waals surface area contributed by atoms with Crippen LogP contribution in [-0.4, -0.2) is 5.75 Å². The number of halogens is 2. The maximum absolute atomic E-state index is 13.8. The fourth-order valence-electron chi connectivity index (χ4n) is 2.27. The van der Waals surface area contributed by atoms with Gasteiger partial charge >= 0.3 is 0 Å². The Hall–Kier alpha value is -0.360. The third-order valence-corrected chi connectivity index (χ3v) is 5.96. The van der Waals surface area contributed by atoms with E-state index in [1.807, 2.05) is 6.07 Å². The molecule has 1 aromatic carbocycles. The molecule has 1 nitrogen and oxygen atoms in total. The molecule has 3 rings (SSSR count). The lowest BCUT2D eigenvalue weighted by molar-refractivity contribution is 0.499. The van der Waals surface area contributed by atoms with E-state index in [9.17, 15) is 4.39 Å². The number of nitrogens with one attached hydrogen (secondary N) is 1. The van der Waals surface area contributed by atoms with Crippen molar-refractivity contribution in [1.82, 2.24) is 5.32 Å². The molecular weight excluding hydrogens is 345 g/mol. The van der Waals surface area contributed by atoms with Crippen molar-refractivity contribution in [2.75, 3.05) is 5.75 Å². The minimum Gasteiger partial charge on any atom is -0.305 e. The number of fused-ring (bicyclic) bond motifs is 1. The van der Waals surface area contributed by atoms with Crippen LogP contribution in [0, 0.1) is 5.82 Å². The lowest BCUT2D eigenvalue weighted by Gasteiger charge is -2.26. The normalized spacial score (nSPS) is 18.3. The van der Waals surface area contributed by atoms with Gasteiger partial charge in [0.2, 0.25) is 0 Å². The highest BCUT2D eigenvalue weighted by Crippen LogP contribution is 2.38. The van der Waals surface area contributed by atoms with Crippen LogP contribution in [0.1, 0.15) is 22.9 Å². The van der Waals surface area contributed by atoms with E-state index in [1.54, 1.807) is 35.2 Å². The van der Waals surface area contributed by atoms with Crippen molar-refractivity contribution in [1.29, 1.82) is 0 Å². The molecule has 100 valence electrons. The molecule has 5 heteroatoms. The number of thioether (sulfide) groups is 1. The molecule has 1 unspecified atom stereocenters. The molecule has 0 bridgehead atoms. The molecule has 0 radical (unpaired) electrons. The molecule has 0 saturated heterocycles. The smallest absolute Gasteiger partial charge is 0.137 e. The van der Waals surface area contributed by atoms with Gasteiger partial charge in [0.15, 0.2) is 0 Å². The molecule has 2 heterocycles. The van der Waals surface area contributed by atoms with Gasteiger partial charge in [-0.15, -0.1) is 23.1 Å². The molecule has 0 aliphatic carbocycles. The summed E-state index contributed by atoms with van der Waals surface area (Å²) in [4.78, 5) is 2.11. The predicted molar refractivity (Wildman–Crippen MR) is 83.3 cm³/mol. The van der Waals surface area contributed by atoms with Gasteiger partial charge in [0.25, 0.3) is 0 Å². The molecule has 0 saturated carbocycles. The predicted octanol–water partition coefficient (Wildman–Crippen LogP) is 4.98. The largest absolute Gasteiger partial charge is 0.305 e. The molecule has 1 aliphatic heterocycles. The Labute approximate surface area is 128 Å². The van der Waals surface area contributed by atoms with Gasteiger partial charge in [0.05, 0.1) is 3.79 Å². The van der Waals surface area contributed by atoms with E-state index < -0.39 is 0 Å². The molecule has 0 spiro atoms. The van der Waals surface area contributed by atoms with E-state index in [0.29, 0.717) is 0 Å². The van der Waals surface area contributed by atoms with Crippen molar-refractivity contribution in [2.45, 2.75) is 23.9 Å². The lowest BCUT2D eigenvalue weighted by atomic mass is 10.0.